The number of ether oxygens (including phenoxy) is 3. The number of phenols is 1. The zero-order valence-corrected chi connectivity index (χ0v) is 41.5. The second kappa shape index (κ2) is 27.5. The van der Waals surface area contributed by atoms with Crippen molar-refractivity contribution in [3.8, 4) is 28.7 Å². The predicted molar refractivity (Wildman–Crippen MR) is 270 cm³/mol. The van der Waals surface area contributed by atoms with E-state index in [0.29, 0.717) is 69.9 Å². The average Bonchev–Trinajstić information content (AvgIpc) is 3.31. The number of hydrogen-bond donors (Lipinski definition) is 3. The first-order chi connectivity index (χ1) is 32.0. The molecule has 2 unspecified atom stereocenters. The first-order valence-corrected chi connectivity index (χ1v) is 23.5. The van der Waals surface area contributed by atoms with Crippen molar-refractivity contribution in [1.82, 2.24) is 10.6 Å². The van der Waals surface area contributed by atoms with E-state index in [0.717, 1.165) is 21.3 Å². The van der Waals surface area contributed by atoms with Gasteiger partial charge < -0.3 is 30.0 Å². The number of rotatable bonds is 18. The summed E-state index contributed by atoms with van der Waals surface area (Å²) in [6.45, 7) is 11.2. The van der Waals surface area contributed by atoms with Crippen LogP contribution in [-0.2, 0) is 22.4 Å². The van der Waals surface area contributed by atoms with E-state index in [9.17, 15) is 19.2 Å². The lowest BCUT2D eigenvalue weighted by atomic mass is 10.0. The summed E-state index contributed by atoms with van der Waals surface area (Å²) in [5.41, 5.74) is 2.66. The summed E-state index contributed by atoms with van der Waals surface area (Å²) in [4.78, 5) is 50.3. The van der Waals surface area contributed by atoms with E-state index in [4.69, 9.17) is 42.5 Å². The Morgan fingerprint density at radius 2 is 0.940 bits per heavy atom. The molecule has 2 atom stereocenters. The molecule has 0 aliphatic rings. The minimum Gasteiger partial charge on any atom is -0.508 e. The van der Waals surface area contributed by atoms with Crippen LogP contribution in [0.1, 0.15) is 86.2 Å². The van der Waals surface area contributed by atoms with Gasteiger partial charge in [0, 0.05) is 28.4 Å². The fraction of sp³-hybridized carbons (Fsp3) is 0.259. The lowest BCUT2D eigenvalue weighted by Gasteiger charge is -2.18. The minimum atomic E-state index is -0.645. The van der Waals surface area contributed by atoms with Gasteiger partial charge in [-0.25, -0.2) is 0 Å². The molecule has 13 heteroatoms. The molecule has 0 bridgehead atoms. The monoisotopic (exact) mass is 1010 g/mol. The second-order valence-electron chi connectivity index (χ2n) is 15.7. The van der Waals surface area contributed by atoms with Crippen LogP contribution in [0, 0.1) is 0 Å². The summed E-state index contributed by atoms with van der Waals surface area (Å²) in [6, 6.07) is 41.9. The number of benzene rings is 6. The van der Waals surface area contributed by atoms with Crippen molar-refractivity contribution in [2.24, 2.45) is 0 Å². The number of hydrogen-bond acceptors (Lipinski definition) is 8. The molecule has 2 amide bonds. The molecule has 6 aromatic rings. The SMILES string of the molecule is CCC(=O)C(Cc1ccc(Br)cc1)NC(=O)c1ccc(OC(C)C)c(Cl)c1.CCC(=O)C(Cc1ccc(Oc2ccccc2)cc1)NC(=O)c1ccc(OC(C)C)c(Cl)c1.Oc1ccccc1. The summed E-state index contributed by atoms with van der Waals surface area (Å²) in [6.07, 6.45) is 1.45. The minimum absolute atomic E-state index is 0.0142. The molecule has 0 aliphatic carbocycles. The average molecular weight is 1010 g/mol. The van der Waals surface area contributed by atoms with E-state index in [1.165, 1.54) is 0 Å². The van der Waals surface area contributed by atoms with Gasteiger partial charge in [0.05, 0.1) is 34.3 Å². The largest absolute Gasteiger partial charge is 0.508 e. The molecule has 6 aromatic carbocycles. The number of carbonyl (C=O) groups excluding carboxylic acids is 4. The first-order valence-electron chi connectivity index (χ1n) is 21.9. The Balaban J connectivity index is 0.000000258. The Hall–Kier alpha value is -6.14. The van der Waals surface area contributed by atoms with E-state index in [2.05, 4.69) is 26.6 Å². The van der Waals surface area contributed by atoms with Crippen molar-refractivity contribution >= 4 is 62.5 Å². The highest BCUT2D eigenvalue weighted by Crippen LogP contribution is 2.28. The Labute approximate surface area is 412 Å². The van der Waals surface area contributed by atoms with Gasteiger partial charge >= 0.3 is 0 Å². The van der Waals surface area contributed by atoms with E-state index in [-0.39, 0.29) is 35.6 Å². The van der Waals surface area contributed by atoms with Crippen LogP contribution < -0.4 is 24.8 Å². The molecule has 0 saturated carbocycles. The number of halogens is 3. The molecule has 352 valence electrons. The Bertz CT molecular complexity index is 2500. The van der Waals surface area contributed by atoms with Crippen LogP contribution in [-0.4, -0.2) is 52.8 Å². The molecule has 0 spiro atoms. The number of nitrogens with one attached hydrogen (secondary N) is 2. The van der Waals surface area contributed by atoms with Gasteiger partial charge in [0.1, 0.15) is 28.7 Å². The molecule has 10 nitrogen and oxygen atoms in total. The van der Waals surface area contributed by atoms with Gasteiger partial charge in [0.15, 0.2) is 11.6 Å². The number of Topliss-reactive ketones (excluding diaryl/α,β-unsaturated/α-hetero) is 2. The van der Waals surface area contributed by atoms with Crippen molar-refractivity contribution in [2.45, 2.75) is 91.5 Å². The Morgan fingerprint density at radius 1 is 0.552 bits per heavy atom. The summed E-state index contributed by atoms with van der Waals surface area (Å²) in [5.74, 6) is 2.06. The number of para-hydroxylation sites is 2. The predicted octanol–water partition coefficient (Wildman–Crippen LogP) is 12.8. The normalized spacial score (nSPS) is 11.4. The molecule has 0 aromatic heterocycles. The lowest BCUT2D eigenvalue weighted by molar-refractivity contribution is -0.121. The van der Waals surface area contributed by atoms with Crippen LogP contribution in [0.4, 0.5) is 0 Å². The van der Waals surface area contributed by atoms with Crippen LogP contribution in [0.15, 0.2) is 150 Å². The number of ketones is 2. The third kappa shape index (κ3) is 18.6. The molecule has 0 aliphatic heterocycles. The summed E-state index contributed by atoms with van der Waals surface area (Å²) in [5, 5.41) is 15.0. The highest BCUT2D eigenvalue weighted by Gasteiger charge is 2.23. The van der Waals surface area contributed by atoms with Crippen LogP contribution in [0.3, 0.4) is 0 Å². The molecule has 0 heterocycles. The number of carbonyl (C=O) groups is 4. The molecule has 67 heavy (non-hydrogen) atoms. The van der Waals surface area contributed by atoms with Crippen LogP contribution in [0.25, 0.3) is 0 Å². The van der Waals surface area contributed by atoms with Crippen molar-refractivity contribution in [3.63, 3.8) is 0 Å². The number of amides is 2. The van der Waals surface area contributed by atoms with Crippen molar-refractivity contribution < 1.29 is 38.5 Å². The summed E-state index contributed by atoms with van der Waals surface area (Å²) < 4.78 is 18.0. The maximum Gasteiger partial charge on any atom is 0.251 e. The highest BCUT2D eigenvalue weighted by atomic mass is 79.9. The molecule has 3 N–H and O–H groups in total. The van der Waals surface area contributed by atoms with Crippen molar-refractivity contribution in [2.75, 3.05) is 0 Å². The van der Waals surface area contributed by atoms with E-state index < -0.39 is 12.1 Å². The van der Waals surface area contributed by atoms with Crippen LogP contribution in [0.2, 0.25) is 10.0 Å². The van der Waals surface area contributed by atoms with Gasteiger partial charge in [-0.1, -0.05) is 114 Å². The Kier molecular flexibility index (Phi) is 21.9. The zero-order chi connectivity index (χ0) is 48.9. The van der Waals surface area contributed by atoms with Gasteiger partial charge in [-0.3, -0.25) is 19.2 Å². The smallest absolute Gasteiger partial charge is 0.251 e. The van der Waals surface area contributed by atoms with E-state index in [1.807, 2.05) is 113 Å². The van der Waals surface area contributed by atoms with E-state index in [1.54, 1.807) is 74.5 Å². The summed E-state index contributed by atoms with van der Waals surface area (Å²) >= 11 is 15.9. The van der Waals surface area contributed by atoms with Crippen molar-refractivity contribution in [3.05, 3.63) is 182 Å². The first kappa shape index (κ1) is 53.5. The fourth-order valence-corrected chi connectivity index (χ4v) is 7.00. The molecule has 0 radical (unpaired) electrons. The maximum absolute atomic E-state index is 12.8. The molecular weight excluding hydrogens is 955 g/mol. The zero-order valence-electron chi connectivity index (χ0n) is 38.4. The topological polar surface area (TPSA) is 140 Å². The number of aromatic hydroxyl groups is 1. The maximum atomic E-state index is 12.8. The van der Waals surface area contributed by atoms with Gasteiger partial charge in [-0.05, 0) is 137 Å². The number of phenolic OH excluding ortho intramolecular Hbond substituents is 1. The van der Waals surface area contributed by atoms with Gasteiger partial charge in [0.25, 0.3) is 11.8 Å². The van der Waals surface area contributed by atoms with Gasteiger partial charge in [-0.15, -0.1) is 0 Å². The van der Waals surface area contributed by atoms with Crippen molar-refractivity contribution in [1.29, 1.82) is 0 Å². The second-order valence-corrected chi connectivity index (χ2v) is 17.5. The quantitative estimate of drug-likeness (QED) is 0.0773. The lowest BCUT2D eigenvalue weighted by Crippen LogP contribution is -2.42. The van der Waals surface area contributed by atoms with Crippen LogP contribution >= 0.6 is 39.1 Å². The Morgan fingerprint density at radius 3 is 1.30 bits per heavy atom. The molecule has 0 fully saturated rings. The van der Waals surface area contributed by atoms with Gasteiger partial charge in [-0.2, -0.15) is 0 Å². The standard InChI is InChI=1S/C27H28ClNO4.C21H23BrClNO3.C6H6O/c1-4-25(30)24(29-27(31)20-12-15-26(23(28)17-20)32-18(2)3)16-19-10-13-22(14-11-19)33-21-8-6-5-7-9-21;1-4-19(25)18(11-14-5-8-16(22)9-6-14)24-21(26)15-7-10-20(17(23)12-15)27-13(2)3;7-6-4-2-1-3-5-6/h5-15,17-18,24H,4,16H2,1-3H3,(H,29,31);5-10,12-13,18H,4,11H2,1-3H3,(H,24,26);1-5,7H. The van der Waals surface area contributed by atoms with Gasteiger partial charge in [0.2, 0.25) is 0 Å². The van der Waals surface area contributed by atoms with Crippen LogP contribution in [0.5, 0.6) is 28.7 Å². The molecule has 0 saturated heterocycles. The third-order valence-corrected chi connectivity index (χ3v) is 10.8. The third-order valence-electron chi connectivity index (χ3n) is 9.65. The molecule has 6 rings (SSSR count). The fourth-order valence-electron chi connectivity index (χ4n) is 6.29. The molecular formula is C54H57BrCl2N2O8. The highest BCUT2D eigenvalue weighted by molar-refractivity contribution is 9.10. The van der Waals surface area contributed by atoms with E-state index >= 15 is 0 Å². The summed E-state index contributed by atoms with van der Waals surface area (Å²) in [7, 11) is 0.